The smallest absolute Gasteiger partial charge is 0.220 e. The number of aliphatic hydroxyl groups excluding tert-OH is 1. The summed E-state index contributed by atoms with van der Waals surface area (Å²) >= 11 is 0. The molecule has 0 saturated carbocycles. The van der Waals surface area contributed by atoms with Crippen LogP contribution in [0, 0.1) is 5.92 Å². The first kappa shape index (κ1) is 18.5. The van der Waals surface area contributed by atoms with Gasteiger partial charge in [0.25, 0.3) is 0 Å². The molecule has 1 aliphatic rings. The number of methoxy groups -OCH3 is 2. The summed E-state index contributed by atoms with van der Waals surface area (Å²) in [6, 6.07) is 5.24. The van der Waals surface area contributed by atoms with Crippen LogP contribution in [0.2, 0.25) is 0 Å². The number of likely N-dealkylation sites (tertiary alicyclic amines) is 1. The van der Waals surface area contributed by atoms with Gasteiger partial charge in [-0.3, -0.25) is 4.79 Å². The maximum Gasteiger partial charge on any atom is 0.220 e. The van der Waals surface area contributed by atoms with Gasteiger partial charge >= 0.3 is 0 Å². The minimum Gasteiger partial charge on any atom is -0.497 e. The van der Waals surface area contributed by atoms with Gasteiger partial charge in [-0.25, -0.2) is 0 Å². The lowest BCUT2D eigenvalue weighted by atomic mass is 9.93. The predicted molar refractivity (Wildman–Crippen MR) is 92.4 cm³/mol. The Bertz CT molecular complexity index is 520. The van der Waals surface area contributed by atoms with Gasteiger partial charge in [0, 0.05) is 19.0 Å². The first-order valence-corrected chi connectivity index (χ1v) is 8.38. The third kappa shape index (κ3) is 5.39. The molecule has 1 saturated heterocycles. The first-order valence-electron chi connectivity index (χ1n) is 8.38. The van der Waals surface area contributed by atoms with Crippen LogP contribution in [0.5, 0.6) is 11.5 Å². The van der Waals surface area contributed by atoms with Gasteiger partial charge in [-0.1, -0.05) is 0 Å². The van der Waals surface area contributed by atoms with Crippen LogP contribution in [0.4, 0.5) is 0 Å². The fourth-order valence-corrected chi connectivity index (χ4v) is 2.95. The van der Waals surface area contributed by atoms with Gasteiger partial charge < -0.3 is 24.8 Å². The first-order chi connectivity index (χ1) is 11.5. The third-order valence-electron chi connectivity index (χ3n) is 4.56. The number of amides is 1. The zero-order chi connectivity index (χ0) is 17.5. The molecule has 1 aromatic rings. The average Bonchev–Trinajstić information content (AvgIpc) is 2.61. The van der Waals surface area contributed by atoms with Crippen LogP contribution in [-0.4, -0.2) is 56.8 Å². The molecule has 0 spiro atoms. The van der Waals surface area contributed by atoms with Gasteiger partial charge in [-0.05, 0) is 56.6 Å². The Morgan fingerprint density at radius 3 is 2.38 bits per heavy atom. The van der Waals surface area contributed by atoms with E-state index in [0.717, 1.165) is 25.9 Å². The minimum atomic E-state index is -0.796. The van der Waals surface area contributed by atoms with Crippen molar-refractivity contribution in [2.45, 2.75) is 25.4 Å². The molecule has 134 valence electrons. The monoisotopic (exact) mass is 336 g/mol. The molecule has 24 heavy (non-hydrogen) atoms. The molecule has 1 fully saturated rings. The average molecular weight is 336 g/mol. The van der Waals surface area contributed by atoms with Crippen molar-refractivity contribution in [3.8, 4) is 11.5 Å². The number of nitrogens with zero attached hydrogens (tertiary/aromatic N) is 1. The fourth-order valence-electron chi connectivity index (χ4n) is 2.95. The largest absolute Gasteiger partial charge is 0.497 e. The number of hydrogen-bond donors (Lipinski definition) is 2. The van der Waals surface area contributed by atoms with Crippen molar-refractivity contribution in [1.29, 1.82) is 0 Å². The molecule has 2 rings (SSSR count). The summed E-state index contributed by atoms with van der Waals surface area (Å²) in [5.74, 6) is 1.66. The Morgan fingerprint density at radius 1 is 1.25 bits per heavy atom. The van der Waals surface area contributed by atoms with Crippen LogP contribution >= 0.6 is 0 Å². The highest BCUT2D eigenvalue weighted by molar-refractivity contribution is 5.76. The van der Waals surface area contributed by atoms with Crippen LogP contribution < -0.4 is 14.8 Å². The lowest BCUT2D eigenvalue weighted by molar-refractivity contribution is -0.122. The Hall–Kier alpha value is -1.79. The molecule has 1 aliphatic heterocycles. The number of carbonyl (C=O) groups excluding carboxylic acids is 1. The molecule has 1 aromatic carbocycles. The zero-order valence-electron chi connectivity index (χ0n) is 14.7. The summed E-state index contributed by atoms with van der Waals surface area (Å²) in [5.41, 5.74) is 0.658. The molecule has 2 N–H and O–H groups in total. The summed E-state index contributed by atoms with van der Waals surface area (Å²) in [5, 5.41) is 13.1. The van der Waals surface area contributed by atoms with Crippen molar-refractivity contribution in [2.75, 3.05) is 40.9 Å². The van der Waals surface area contributed by atoms with Gasteiger partial charge in [-0.15, -0.1) is 0 Å². The number of benzene rings is 1. The van der Waals surface area contributed by atoms with E-state index in [9.17, 15) is 9.90 Å². The lowest BCUT2D eigenvalue weighted by Crippen LogP contribution is -2.34. The van der Waals surface area contributed by atoms with E-state index >= 15 is 0 Å². The van der Waals surface area contributed by atoms with Crippen LogP contribution in [-0.2, 0) is 4.79 Å². The predicted octanol–water partition coefficient (Wildman–Crippen LogP) is 1.59. The van der Waals surface area contributed by atoms with Crippen molar-refractivity contribution in [2.24, 2.45) is 5.92 Å². The van der Waals surface area contributed by atoms with E-state index in [1.807, 2.05) is 0 Å². The standard InChI is InChI=1S/C18H28N2O4/c1-20-6-4-13(5-7-20)8-18(22)19-12-17(21)14-9-15(23-2)11-16(10-14)24-3/h9-11,13,17,21H,4-8,12H2,1-3H3,(H,19,22). The van der Waals surface area contributed by atoms with Gasteiger partial charge in [0.2, 0.25) is 5.91 Å². The Morgan fingerprint density at radius 2 is 1.83 bits per heavy atom. The summed E-state index contributed by atoms with van der Waals surface area (Å²) in [6.45, 7) is 2.27. The second-order valence-corrected chi connectivity index (χ2v) is 6.42. The van der Waals surface area contributed by atoms with E-state index in [4.69, 9.17) is 9.47 Å². The maximum atomic E-state index is 12.1. The molecule has 1 amide bonds. The Balaban J connectivity index is 1.83. The Kier molecular flexibility index (Phi) is 6.87. The second kappa shape index (κ2) is 8.89. The zero-order valence-corrected chi connectivity index (χ0v) is 14.7. The molecular formula is C18H28N2O4. The molecule has 6 heteroatoms. The van der Waals surface area contributed by atoms with E-state index < -0.39 is 6.10 Å². The van der Waals surface area contributed by atoms with Gasteiger partial charge in [-0.2, -0.15) is 0 Å². The van der Waals surface area contributed by atoms with E-state index in [0.29, 0.717) is 29.4 Å². The van der Waals surface area contributed by atoms with Crippen molar-refractivity contribution in [3.63, 3.8) is 0 Å². The van der Waals surface area contributed by atoms with Crippen LogP contribution in [0.1, 0.15) is 30.9 Å². The highest BCUT2D eigenvalue weighted by Crippen LogP contribution is 2.26. The molecule has 0 radical (unpaired) electrons. The molecule has 1 atom stereocenters. The van der Waals surface area contributed by atoms with E-state index in [1.54, 1.807) is 32.4 Å². The molecule has 1 unspecified atom stereocenters. The number of carbonyl (C=O) groups is 1. The summed E-state index contributed by atoms with van der Waals surface area (Å²) < 4.78 is 10.4. The van der Waals surface area contributed by atoms with Crippen molar-refractivity contribution in [1.82, 2.24) is 10.2 Å². The third-order valence-corrected chi connectivity index (χ3v) is 4.56. The number of ether oxygens (including phenoxy) is 2. The number of rotatable bonds is 7. The van der Waals surface area contributed by atoms with Crippen molar-refractivity contribution >= 4 is 5.91 Å². The highest BCUT2D eigenvalue weighted by atomic mass is 16.5. The van der Waals surface area contributed by atoms with Gasteiger partial charge in [0.15, 0.2) is 0 Å². The Labute approximate surface area is 143 Å². The molecule has 1 heterocycles. The maximum absolute atomic E-state index is 12.1. The summed E-state index contributed by atoms with van der Waals surface area (Å²) in [7, 11) is 5.23. The number of nitrogens with one attached hydrogen (secondary N) is 1. The van der Waals surface area contributed by atoms with Crippen molar-refractivity contribution in [3.05, 3.63) is 23.8 Å². The van der Waals surface area contributed by atoms with Crippen LogP contribution in [0.15, 0.2) is 18.2 Å². The minimum absolute atomic E-state index is 0.00142. The topological polar surface area (TPSA) is 71.0 Å². The molecule has 0 aliphatic carbocycles. The summed E-state index contributed by atoms with van der Waals surface area (Å²) in [6.07, 6.45) is 1.84. The number of aliphatic hydroxyl groups is 1. The second-order valence-electron chi connectivity index (χ2n) is 6.42. The summed E-state index contributed by atoms with van der Waals surface area (Å²) in [4.78, 5) is 14.4. The van der Waals surface area contributed by atoms with Gasteiger partial charge in [0.1, 0.15) is 11.5 Å². The molecule has 6 nitrogen and oxygen atoms in total. The SMILES string of the molecule is COc1cc(OC)cc(C(O)CNC(=O)CC2CCN(C)CC2)c1. The molecule has 0 bridgehead atoms. The molecular weight excluding hydrogens is 308 g/mol. The van der Waals surface area contributed by atoms with Crippen LogP contribution in [0.25, 0.3) is 0 Å². The molecule has 0 aromatic heterocycles. The fraction of sp³-hybridized carbons (Fsp3) is 0.611. The van der Waals surface area contributed by atoms with Gasteiger partial charge in [0.05, 0.1) is 20.3 Å². The normalized spacial score (nSPS) is 17.3. The lowest BCUT2D eigenvalue weighted by Gasteiger charge is -2.28. The number of piperidine rings is 1. The highest BCUT2D eigenvalue weighted by Gasteiger charge is 2.20. The van der Waals surface area contributed by atoms with E-state index in [-0.39, 0.29) is 12.5 Å². The quantitative estimate of drug-likeness (QED) is 0.791. The van der Waals surface area contributed by atoms with Crippen molar-refractivity contribution < 1.29 is 19.4 Å². The van der Waals surface area contributed by atoms with E-state index in [1.165, 1.54) is 0 Å². The number of hydrogen-bond acceptors (Lipinski definition) is 5. The van der Waals surface area contributed by atoms with Crippen LogP contribution in [0.3, 0.4) is 0 Å². The van der Waals surface area contributed by atoms with E-state index in [2.05, 4.69) is 17.3 Å².